The van der Waals surface area contributed by atoms with Crippen LogP contribution in [-0.4, -0.2) is 47.4 Å². The number of hydrogen-bond donors (Lipinski definition) is 1. The van der Waals surface area contributed by atoms with Crippen molar-refractivity contribution in [2.24, 2.45) is 5.92 Å². The first-order valence-corrected chi connectivity index (χ1v) is 9.92. The van der Waals surface area contributed by atoms with Crippen LogP contribution in [0.3, 0.4) is 0 Å². The summed E-state index contributed by atoms with van der Waals surface area (Å²) in [5.74, 6) is -0.798. The first-order chi connectivity index (χ1) is 13.6. The first kappa shape index (κ1) is 22.7. The van der Waals surface area contributed by atoms with Crippen molar-refractivity contribution in [1.82, 2.24) is 10.2 Å². The van der Waals surface area contributed by atoms with Gasteiger partial charge >= 0.3 is 6.09 Å². The molecule has 0 saturated carbocycles. The monoisotopic (exact) mass is 419 g/mol. The maximum atomic E-state index is 12.2. The molecule has 1 aromatic rings. The normalized spacial score (nSPS) is 18.8. The van der Waals surface area contributed by atoms with Crippen molar-refractivity contribution < 1.29 is 19.1 Å². The number of ketones is 1. The molecule has 8 heteroatoms. The Morgan fingerprint density at radius 2 is 1.86 bits per heavy atom. The molecule has 0 radical (unpaired) electrons. The highest BCUT2D eigenvalue weighted by Crippen LogP contribution is 2.20. The molecule has 0 bridgehead atoms. The number of likely N-dealkylation sites (tertiary alicyclic amines) is 1. The van der Waals surface area contributed by atoms with Gasteiger partial charge in [0.1, 0.15) is 5.60 Å². The molecule has 1 aliphatic rings. The summed E-state index contributed by atoms with van der Waals surface area (Å²) in [5, 5.41) is 12.7. The molecule has 2 amide bonds. The number of benzene rings is 1. The van der Waals surface area contributed by atoms with Crippen molar-refractivity contribution in [3.05, 3.63) is 34.9 Å². The summed E-state index contributed by atoms with van der Waals surface area (Å²) in [6, 6.07) is 8.31. The third-order valence-corrected chi connectivity index (χ3v) is 4.71. The molecule has 0 aliphatic carbocycles. The van der Waals surface area contributed by atoms with E-state index in [1.54, 1.807) is 45.0 Å². The van der Waals surface area contributed by atoms with Gasteiger partial charge in [-0.2, -0.15) is 5.26 Å². The molecule has 1 fully saturated rings. The zero-order valence-electron chi connectivity index (χ0n) is 16.9. The third kappa shape index (κ3) is 7.06. The SMILES string of the molecule is CC(C)(C)OC(=O)N1C[C@H](NC(=O)CCCC(=O)c2ccc(Cl)cc2)[C@@H](C#N)C1. The maximum Gasteiger partial charge on any atom is 0.410 e. The van der Waals surface area contributed by atoms with Crippen LogP contribution in [0.2, 0.25) is 5.02 Å². The fourth-order valence-corrected chi connectivity index (χ4v) is 3.15. The molecule has 29 heavy (non-hydrogen) atoms. The lowest BCUT2D eigenvalue weighted by atomic mass is 10.0. The van der Waals surface area contributed by atoms with Gasteiger partial charge in [0, 0.05) is 36.5 Å². The number of nitrogens with zero attached hydrogens (tertiary/aromatic N) is 2. The molecule has 2 rings (SSSR count). The molecular formula is C21H26ClN3O4. The lowest BCUT2D eigenvalue weighted by molar-refractivity contribution is -0.121. The number of nitrogens with one attached hydrogen (secondary N) is 1. The number of amides is 2. The second-order valence-corrected chi connectivity index (χ2v) is 8.51. The van der Waals surface area contributed by atoms with Crippen molar-refractivity contribution >= 4 is 29.4 Å². The van der Waals surface area contributed by atoms with Crippen molar-refractivity contribution in [1.29, 1.82) is 5.26 Å². The molecule has 1 N–H and O–H groups in total. The van der Waals surface area contributed by atoms with E-state index in [-0.39, 0.29) is 37.6 Å². The topological polar surface area (TPSA) is 99.5 Å². The predicted octanol–water partition coefficient (Wildman–Crippen LogP) is 3.57. The van der Waals surface area contributed by atoms with Crippen LogP contribution in [0.4, 0.5) is 4.79 Å². The molecule has 2 atom stereocenters. The Hall–Kier alpha value is -2.59. The number of Topliss-reactive ketones (excluding diaryl/α,β-unsaturated/α-hetero) is 1. The number of halogens is 1. The zero-order chi connectivity index (χ0) is 21.6. The van der Waals surface area contributed by atoms with Crippen molar-refractivity contribution in [3.63, 3.8) is 0 Å². The number of hydrogen-bond acceptors (Lipinski definition) is 5. The number of carbonyl (C=O) groups excluding carboxylic acids is 3. The summed E-state index contributed by atoms with van der Waals surface area (Å²) in [7, 11) is 0. The molecule has 1 aromatic carbocycles. The molecule has 0 aromatic heterocycles. The Labute approximate surface area is 176 Å². The van der Waals surface area contributed by atoms with E-state index in [1.165, 1.54) is 4.90 Å². The Kier molecular flexibility index (Phi) is 7.63. The largest absolute Gasteiger partial charge is 0.444 e. The molecule has 0 spiro atoms. The summed E-state index contributed by atoms with van der Waals surface area (Å²) >= 11 is 5.81. The lowest BCUT2D eigenvalue weighted by Gasteiger charge is -2.24. The van der Waals surface area contributed by atoms with Gasteiger partial charge in [-0.25, -0.2) is 4.79 Å². The number of nitriles is 1. The van der Waals surface area contributed by atoms with Crippen LogP contribution in [-0.2, 0) is 9.53 Å². The van der Waals surface area contributed by atoms with Crippen molar-refractivity contribution in [3.8, 4) is 6.07 Å². The number of ether oxygens (including phenoxy) is 1. The van der Waals surface area contributed by atoms with Gasteiger partial charge in [-0.05, 0) is 51.5 Å². The average molecular weight is 420 g/mol. The average Bonchev–Trinajstić information content (AvgIpc) is 3.03. The van der Waals surface area contributed by atoms with Crippen LogP contribution in [0.5, 0.6) is 0 Å². The van der Waals surface area contributed by atoms with E-state index in [0.717, 1.165) is 0 Å². The van der Waals surface area contributed by atoms with E-state index in [9.17, 15) is 19.6 Å². The van der Waals surface area contributed by atoms with Crippen LogP contribution in [0, 0.1) is 17.2 Å². The molecule has 0 unspecified atom stereocenters. The van der Waals surface area contributed by atoms with Gasteiger partial charge in [0.2, 0.25) is 5.91 Å². The summed E-state index contributed by atoms with van der Waals surface area (Å²) in [5.41, 5.74) is -0.0693. The van der Waals surface area contributed by atoms with E-state index in [1.807, 2.05) is 0 Å². The quantitative estimate of drug-likeness (QED) is 0.710. The van der Waals surface area contributed by atoms with E-state index in [0.29, 0.717) is 17.0 Å². The number of rotatable bonds is 6. The van der Waals surface area contributed by atoms with E-state index in [4.69, 9.17) is 16.3 Å². The minimum Gasteiger partial charge on any atom is -0.444 e. The van der Waals surface area contributed by atoms with Crippen LogP contribution in [0.25, 0.3) is 0 Å². The van der Waals surface area contributed by atoms with Crippen LogP contribution >= 0.6 is 11.6 Å². The Morgan fingerprint density at radius 3 is 2.45 bits per heavy atom. The predicted molar refractivity (Wildman–Crippen MR) is 108 cm³/mol. The third-order valence-electron chi connectivity index (χ3n) is 4.46. The maximum absolute atomic E-state index is 12.2. The van der Waals surface area contributed by atoms with Gasteiger partial charge < -0.3 is 15.0 Å². The van der Waals surface area contributed by atoms with Crippen LogP contribution in [0.1, 0.15) is 50.4 Å². The van der Waals surface area contributed by atoms with Gasteiger partial charge in [0.15, 0.2) is 5.78 Å². The molecule has 7 nitrogen and oxygen atoms in total. The molecule has 1 aliphatic heterocycles. The van der Waals surface area contributed by atoms with Crippen molar-refractivity contribution in [2.45, 2.75) is 51.7 Å². The molecule has 1 saturated heterocycles. The Morgan fingerprint density at radius 1 is 1.21 bits per heavy atom. The van der Waals surface area contributed by atoms with Gasteiger partial charge in [-0.15, -0.1) is 0 Å². The standard InChI is InChI=1S/C21H26ClN3O4/c1-21(2,3)29-20(28)25-12-15(11-23)17(13-25)24-19(27)6-4-5-18(26)14-7-9-16(22)10-8-14/h7-10,15,17H,4-6,12-13H2,1-3H3,(H,24,27)/t15-,17-/m0/s1. The molecule has 156 valence electrons. The minimum absolute atomic E-state index is 0.0543. The molecular weight excluding hydrogens is 394 g/mol. The Bertz CT molecular complexity index is 796. The van der Waals surface area contributed by atoms with E-state index in [2.05, 4.69) is 11.4 Å². The van der Waals surface area contributed by atoms with Crippen LogP contribution < -0.4 is 5.32 Å². The van der Waals surface area contributed by atoms with E-state index < -0.39 is 23.7 Å². The summed E-state index contributed by atoms with van der Waals surface area (Å²) < 4.78 is 5.33. The highest BCUT2D eigenvalue weighted by Gasteiger charge is 2.38. The second-order valence-electron chi connectivity index (χ2n) is 8.08. The summed E-state index contributed by atoms with van der Waals surface area (Å²) in [4.78, 5) is 38.0. The first-order valence-electron chi connectivity index (χ1n) is 9.54. The van der Waals surface area contributed by atoms with Gasteiger partial charge in [-0.3, -0.25) is 9.59 Å². The minimum atomic E-state index is -0.628. The van der Waals surface area contributed by atoms with E-state index >= 15 is 0 Å². The fraction of sp³-hybridized carbons (Fsp3) is 0.524. The smallest absolute Gasteiger partial charge is 0.410 e. The number of carbonyl (C=O) groups is 3. The summed E-state index contributed by atoms with van der Waals surface area (Å²) in [6.45, 7) is 5.75. The van der Waals surface area contributed by atoms with Crippen molar-refractivity contribution in [2.75, 3.05) is 13.1 Å². The summed E-state index contributed by atoms with van der Waals surface area (Å²) in [6.07, 6.45) is 0.307. The van der Waals surface area contributed by atoms with Gasteiger partial charge in [0.05, 0.1) is 18.0 Å². The fourth-order valence-electron chi connectivity index (χ4n) is 3.03. The molecule has 1 heterocycles. The highest BCUT2D eigenvalue weighted by atomic mass is 35.5. The Balaban J connectivity index is 1.80. The second kappa shape index (κ2) is 9.75. The zero-order valence-corrected chi connectivity index (χ0v) is 17.7. The highest BCUT2D eigenvalue weighted by molar-refractivity contribution is 6.30. The van der Waals surface area contributed by atoms with Gasteiger partial charge in [-0.1, -0.05) is 11.6 Å². The lowest BCUT2D eigenvalue weighted by Crippen LogP contribution is -2.41. The van der Waals surface area contributed by atoms with Crippen LogP contribution in [0.15, 0.2) is 24.3 Å². The van der Waals surface area contributed by atoms with Gasteiger partial charge in [0.25, 0.3) is 0 Å².